The Labute approximate surface area is 123 Å². The molecule has 0 fully saturated rings. The molecule has 0 saturated heterocycles. The smallest absolute Gasteiger partial charge is 0.215 e. The molecule has 1 unspecified atom stereocenters. The van der Waals surface area contributed by atoms with Crippen LogP contribution in [0.4, 0.5) is 0 Å². The minimum absolute atomic E-state index is 0.292. The van der Waals surface area contributed by atoms with Crippen molar-refractivity contribution in [3.63, 3.8) is 0 Å². The Hall–Kier alpha value is -0.910. The molecule has 2 N–H and O–H groups in total. The first-order valence-electron chi connectivity index (χ1n) is 7.08. The van der Waals surface area contributed by atoms with Gasteiger partial charge in [0.25, 0.3) is 0 Å². The highest BCUT2D eigenvalue weighted by Crippen LogP contribution is 2.05. The first kappa shape index (κ1) is 17.1. The van der Waals surface area contributed by atoms with E-state index in [2.05, 4.69) is 16.1 Å². The van der Waals surface area contributed by atoms with Gasteiger partial charge in [0, 0.05) is 19.1 Å². The zero-order valence-electron chi connectivity index (χ0n) is 12.8. The van der Waals surface area contributed by atoms with E-state index >= 15 is 0 Å². The Morgan fingerprint density at radius 2 is 1.90 bits per heavy atom. The van der Waals surface area contributed by atoms with Gasteiger partial charge in [-0.1, -0.05) is 43.7 Å². The summed E-state index contributed by atoms with van der Waals surface area (Å²) < 4.78 is 26.8. The normalized spacial score (nSPS) is 13.7. The minimum Gasteiger partial charge on any atom is -0.313 e. The quantitative estimate of drug-likeness (QED) is 0.770. The molecule has 5 heteroatoms. The van der Waals surface area contributed by atoms with Crippen molar-refractivity contribution in [2.75, 3.05) is 13.1 Å². The second-order valence-corrected chi connectivity index (χ2v) is 7.74. The summed E-state index contributed by atoms with van der Waals surface area (Å²) in [5.41, 5.74) is 2.35. The van der Waals surface area contributed by atoms with E-state index in [1.54, 1.807) is 6.92 Å². The van der Waals surface area contributed by atoms with Crippen LogP contribution >= 0.6 is 0 Å². The number of nitrogens with one attached hydrogen (secondary N) is 2. The lowest BCUT2D eigenvalue weighted by molar-refractivity contribution is 0.541. The summed E-state index contributed by atoms with van der Waals surface area (Å²) in [5, 5.41) is 2.72. The summed E-state index contributed by atoms with van der Waals surface area (Å²) in [6, 6.07) is 8.42. The van der Waals surface area contributed by atoms with Gasteiger partial charge in [0.05, 0.1) is 5.25 Å². The van der Waals surface area contributed by atoms with Crippen LogP contribution in [-0.2, 0) is 16.4 Å². The molecule has 1 aromatic carbocycles. The third-order valence-electron chi connectivity index (χ3n) is 3.14. The van der Waals surface area contributed by atoms with Crippen LogP contribution in [0.3, 0.4) is 0 Å². The van der Waals surface area contributed by atoms with Crippen LogP contribution in [0.2, 0.25) is 0 Å². The SMILES string of the molecule is Cc1cccc(CCNS(=O)(=O)C(C)CNC(C)C)c1. The third-order valence-corrected chi connectivity index (χ3v) is 4.98. The van der Waals surface area contributed by atoms with Crippen LogP contribution in [0.15, 0.2) is 24.3 Å². The van der Waals surface area contributed by atoms with Crippen molar-refractivity contribution in [2.45, 2.75) is 45.4 Å². The Morgan fingerprint density at radius 3 is 2.50 bits per heavy atom. The lowest BCUT2D eigenvalue weighted by atomic mass is 10.1. The number of aryl methyl sites for hydroxylation is 1. The van der Waals surface area contributed by atoms with Crippen molar-refractivity contribution in [2.24, 2.45) is 0 Å². The van der Waals surface area contributed by atoms with Crippen molar-refractivity contribution < 1.29 is 8.42 Å². The summed E-state index contributed by atoms with van der Waals surface area (Å²) in [5.74, 6) is 0. The number of hydrogen-bond donors (Lipinski definition) is 2. The van der Waals surface area contributed by atoms with Crippen LogP contribution in [0.1, 0.15) is 31.9 Å². The molecule has 1 rings (SSSR count). The molecule has 0 saturated carbocycles. The van der Waals surface area contributed by atoms with E-state index < -0.39 is 15.3 Å². The van der Waals surface area contributed by atoms with Gasteiger partial charge in [0.1, 0.15) is 0 Å². The van der Waals surface area contributed by atoms with Crippen molar-refractivity contribution >= 4 is 10.0 Å². The maximum Gasteiger partial charge on any atom is 0.215 e. The highest BCUT2D eigenvalue weighted by atomic mass is 32.2. The molecule has 0 amide bonds. The van der Waals surface area contributed by atoms with Gasteiger partial charge in [-0.05, 0) is 25.8 Å². The van der Waals surface area contributed by atoms with E-state index in [1.165, 1.54) is 5.56 Å². The van der Waals surface area contributed by atoms with Crippen LogP contribution < -0.4 is 10.0 Å². The van der Waals surface area contributed by atoms with Crippen LogP contribution in [0.25, 0.3) is 0 Å². The summed E-state index contributed by atoms with van der Waals surface area (Å²) in [6.07, 6.45) is 0.714. The molecular weight excluding hydrogens is 272 g/mol. The Morgan fingerprint density at radius 1 is 1.20 bits per heavy atom. The van der Waals surface area contributed by atoms with E-state index in [9.17, 15) is 8.42 Å². The topological polar surface area (TPSA) is 58.2 Å². The first-order chi connectivity index (χ1) is 9.31. The third kappa shape index (κ3) is 6.03. The molecular formula is C15H26N2O2S. The van der Waals surface area contributed by atoms with Gasteiger partial charge in [-0.3, -0.25) is 0 Å². The molecule has 0 aliphatic rings. The zero-order chi connectivity index (χ0) is 15.2. The summed E-state index contributed by atoms with van der Waals surface area (Å²) >= 11 is 0. The largest absolute Gasteiger partial charge is 0.313 e. The van der Waals surface area contributed by atoms with Crippen molar-refractivity contribution in [1.29, 1.82) is 0 Å². The van der Waals surface area contributed by atoms with E-state index in [-0.39, 0.29) is 0 Å². The molecule has 20 heavy (non-hydrogen) atoms. The lowest BCUT2D eigenvalue weighted by Gasteiger charge is -2.16. The molecule has 114 valence electrons. The molecule has 0 radical (unpaired) electrons. The molecule has 0 aromatic heterocycles. The second kappa shape index (κ2) is 7.76. The van der Waals surface area contributed by atoms with E-state index in [0.29, 0.717) is 25.6 Å². The average Bonchev–Trinajstić information content (AvgIpc) is 2.35. The monoisotopic (exact) mass is 298 g/mol. The fourth-order valence-electron chi connectivity index (χ4n) is 1.86. The Kier molecular flexibility index (Phi) is 6.65. The summed E-state index contributed by atoms with van der Waals surface area (Å²) in [6.45, 7) is 8.68. The predicted molar refractivity (Wildman–Crippen MR) is 84.4 cm³/mol. The van der Waals surface area contributed by atoms with Crippen LogP contribution in [0, 0.1) is 6.92 Å². The maximum atomic E-state index is 12.0. The molecule has 1 aromatic rings. The highest BCUT2D eigenvalue weighted by Gasteiger charge is 2.19. The molecule has 0 spiro atoms. The molecule has 1 atom stereocenters. The fraction of sp³-hybridized carbons (Fsp3) is 0.600. The number of rotatable bonds is 8. The highest BCUT2D eigenvalue weighted by molar-refractivity contribution is 7.90. The Bertz CT molecular complexity index is 512. The Balaban J connectivity index is 2.43. The van der Waals surface area contributed by atoms with Gasteiger partial charge in [-0.25, -0.2) is 13.1 Å². The van der Waals surface area contributed by atoms with Gasteiger partial charge in [-0.15, -0.1) is 0 Å². The number of hydrogen-bond acceptors (Lipinski definition) is 3. The number of sulfonamides is 1. The molecule has 0 aliphatic carbocycles. The van der Waals surface area contributed by atoms with Crippen LogP contribution in [-0.4, -0.2) is 32.8 Å². The van der Waals surface area contributed by atoms with E-state index in [4.69, 9.17) is 0 Å². The summed E-state index contributed by atoms with van der Waals surface area (Å²) in [7, 11) is -3.25. The predicted octanol–water partition coefficient (Wildman–Crippen LogP) is 1.84. The summed E-state index contributed by atoms with van der Waals surface area (Å²) in [4.78, 5) is 0. The minimum atomic E-state index is -3.25. The zero-order valence-corrected chi connectivity index (χ0v) is 13.6. The second-order valence-electron chi connectivity index (χ2n) is 5.55. The van der Waals surface area contributed by atoms with Crippen molar-refractivity contribution in [3.8, 4) is 0 Å². The first-order valence-corrected chi connectivity index (χ1v) is 8.63. The van der Waals surface area contributed by atoms with E-state index in [0.717, 1.165) is 5.56 Å². The van der Waals surface area contributed by atoms with Gasteiger partial charge in [0.15, 0.2) is 0 Å². The van der Waals surface area contributed by atoms with Crippen LogP contribution in [0.5, 0.6) is 0 Å². The molecule has 0 bridgehead atoms. The van der Waals surface area contributed by atoms with Crippen molar-refractivity contribution in [1.82, 2.24) is 10.0 Å². The van der Waals surface area contributed by atoms with E-state index in [1.807, 2.05) is 39.0 Å². The standard InChI is InChI=1S/C15H26N2O2S/c1-12(2)16-11-14(4)20(18,19)17-9-8-15-7-5-6-13(3)10-15/h5-7,10,12,14,16-17H,8-9,11H2,1-4H3. The molecule has 0 aliphatic heterocycles. The fourth-order valence-corrected chi connectivity index (χ4v) is 2.85. The molecule has 4 nitrogen and oxygen atoms in total. The van der Waals surface area contributed by atoms with Gasteiger partial charge >= 0.3 is 0 Å². The lowest BCUT2D eigenvalue weighted by Crippen LogP contribution is -2.41. The van der Waals surface area contributed by atoms with Gasteiger partial charge < -0.3 is 5.32 Å². The molecule has 0 heterocycles. The maximum absolute atomic E-state index is 12.0. The number of benzene rings is 1. The van der Waals surface area contributed by atoms with Gasteiger partial charge in [-0.2, -0.15) is 0 Å². The van der Waals surface area contributed by atoms with Gasteiger partial charge in [0.2, 0.25) is 10.0 Å². The average molecular weight is 298 g/mol. The van der Waals surface area contributed by atoms with Crippen molar-refractivity contribution in [3.05, 3.63) is 35.4 Å².